The number of rotatable bonds is 1. The number of nitrogens with one attached hydrogen (secondary N) is 1. The number of para-hydroxylation sites is 2. The van der Waals surface area contributed by atoms with Crippen LogP contribution in [0.4, 0.5) is 11.4 Å². The highest BCUT2D eigenvalue weighted by Gasteiger charge is 2.12. The van der Waals surface area contributed by atoms with Crippen molar-refractivity contribution in [3.63, 3.8) is 0 Å². The molecular weight excluding hydrogens is 314 g/mol. The summed E-state index contributed by atoms with van der Waals surface area (Å²) in [7, 11) is 0. The van der Waals surface area contributed by atoms with Crippen LogP contribution >= 0.6 is 0 Å². The van der Waals surface area contributed by atoms with Crippen LogP contribution in [0, 0.1) is 0 Å². The van der Waals surface area contributed by atoms with Gasteiger partial charge in [0.25, 0.3) is 0 Å². The number of benzene rings is 4. The first kappa shape index (κ1) is 16.2. The first-order valence-electron chi connectivity index (χ1n) is 8.93. The molecule has 0 amide bonds. The quantitative estimate of drug-likeness (QED) is 0.360. The van der Waals surface area contributed by atoms with Gasteiger partial charge in [-0.25, -0.2) is 0 Å². The Hall–Kier alpha value is -3.32. The van der Waals surface area contributed by atoms with Crippen LogP contribution in [0.15, 0.2) is 109 Å². The highest BCUT2D eigenvalue weighted by atomic mass is 14.9. The Morgan fingerprint density at radius 1 is 0.423 bits per heavy atom. The third kappa shape index (κ3) is 3.68. The van der Waals surface area contributed by atoms with Gasteiger partial charge in [0.05, 0.1) is 0 Å². The minimum Gasteiger partial charge on any atom is -0.355 e. The summed E-state index contributed by atoms with van der Waals surface area (Å²) in [5, 5.41) is 3.44. The fourth-order valence-corrected chi connectivity index (χ4v) is 3.20. The molecule has 0 radical (unpaired) electrons. The molecule has 1 N–H and O–H groups in total. The Bertz CT molecular complexity index is 850. The van der Waals surface area contributed by atoms with E-state index in [0.717, 1.165) is 6.42 Å². The Kier molecular flexibility index (Phi) is 4.79. The number of anilines is 2. The molecule has 5 rings (SSSR count). The first-order valence-corrected chi connectivity index (χ1v) is 8.93. The van der Waals surface area contributed by atoms with E-state index in [4.69, 9.17) is 0 Å². The topological polar surface area (TPSA) is 12.0 Å². The van der Waals surface area contributed by atoms with Gasteiger partial charge < -0.3 is 5.32 Å². The Morgan fingerprint density at radius 3 is 1.27 bits per heavy atom. The number of hydrogen-bond acceptors (Lipinski definition) is 1. The third-order valence-electron chi connectivity index (χ3n) is 4.57. The van der Waals surface area contributed by atoms with Crippen molar-refractivity contribution in [2.24, 2.45) is 0 Å². The van der Waals surface area contributed by atoms with Gasteiger partial charge in [0, 0.05) is 17.8 Å². The maximum Gasteiger partial charge on any atom is 0.0420 e. The molecule has 0 aliphatic carbocycles. The highest BCUT2D eigenvalue weighted by Crippen LogP contribution is 2.31. The highest BCUT2D eigenvalue weighted by molar-refractivity contribution is 5.71. The molecule has 1 aliphatic rings. The summed E-state index contributed by atoms with van der Waals surface area (Å²) in [5.74, 6) is 0. The van der Waals surface area contributed by atoms with Crippen LogP contribution < -0.4 is 5.32 Å². The molecule has 1 heterocycles. The zero-order chi connectivity index (χ0) is 17.6. The van der Waals surface area contributed by atoms with Crippen LogP contribution in [0.3, 0.4) is 0 Å². The predicted octanol–water partition coefficient (Wildman–Crippen LogP) is 6.69. The van der Waals surface area contributed by atoms with Gasteiger partial charge in [-0.3, -0.25) is 0 Å². The lowest BCUT2D eigenvalue weighted by molar-refractivity contribution is 1.16. The largest absolute Gasteiger partial charge is 0.355 e. The predicted molar refractivity (Wildman–Crippen MR) is 111 cm³/mol. The van der Waals surface area contributed by atoms with Crippen molar-refractivity contribution < 1.29 is 0 Å². The fourth-order valence-electron chi connectivity index (χ4n) is 3.20. The maximum atomic E-state index is 3.44. The normalized spacial score (nSPS) is 11.2. The monoisotopic (exact) mass is 335 g/mol. The lowest BCUT2D eigenvalue weighted by Crippen LogP contribution is -2.05. The average molecular weight is 335 g/mol. The fraction of sp³-hybridized carbons (Fsp3) is 0.0400. The average Bonchev–Trinajstić information content (AvgIpc) is 2.74. The van der Waals surface area contributed by atoms with Gasteiger partial charge in [0.15, 0.2) is 0 Å². The second kappa shape index (κ2) is 7.71. The Labute approximate surface area is 155 Å². The summed E-state index contributed by atoms with van der Waals surface area (Å²) in [5.41, 5.74) is 7.80. The van der Waals surface area contributed by atoms with E-state index < -0.39 is 0 Å². The van der Waals surface area contributed by atoms with Gasteiger partial charge in [-0.15, -0.1) is 0 Å². The van der Waals surface area contributed by atoms with Gasteiger partial charge in [-0.05, 0) is 34.4 Å². The van der Waals surface area contributed by atoms with Gasteiger partial charge in [0.2, 0.25) is 0 Å². The summed E-state index contributed by atoms with van der Waals surface area (Å²) >= 11 is 0. The third-order valence-corrected chi connectivity index (χ3v) is 4.57. The van der Waals surface area contributed by atoms with E-state index in [1.54, 1.807) is 0 Å². The molecular formula is C25H21N. The Balaban J connectivity index is 0.000000131. The van der Waals surface area contributed by atoms with Crippen molar-refractivity contribution >= 4 is 11.4 Å². The van der Waals surface area contributed by atoms with E-state index in [9.17, 15) is 0 Å². The van der Waals surface area contributed by atoms with E-state index >= 15 is 0 Å². The van der Waals surface area contributed by atoms with Crippen molar-refractivity contribution in [2.45, 2.75) is 6.42 Å². The SMILES string of the molecule is c1ccc(-c2ccccc2)cc1.c1ccc2c(c1)Cc1ccccc1N2. The second-order valence-corrected chi connectivity index (χ2v) is 6.35. The van der Waals surface area contributed by atoms with E-state index in [-0.39, 0.29) is 0 Å². The lowest BCUT2D eigenvalue weighted by atomic mass is 9.98. The molecule has 0 unspecified atom stereocenters. The van der Waals surface area contributed by atoms with Gasteiger partial charge >= 0.3 is 0 Å². The zero-order valence-electron chi connectivity index (χ0n) is 14.6. The molecule has 0 saturated heterocycles. The molecule has 4 aromatic rings. The molecule has 0 atom stereocenters. The van der Waals surface area contributed by atoms with Crippen molar-refractivity contribution in [3.05, 3.63) is 120 Å². The summed E-state index contributed by atoms with van der Waals surface area (Å²) in [6.07, 6.45) is 1.04. The van der Waals surface area contributed by atoms with Crippen molar-refractivity contribution in [3.8, 4) is 11.1 Å². The van der Waals surface area contributed by atoms with E-state index in [2.05, 4.69) is 102 Å². The van der Waals surface area contributed by atoms with Crippen LogP contribution in [0.25, 0.3) is 11.1 Å². The van der Waals surface area contributed by atoms with Crippen LogP contribution in [0.1, 0.15) is 11.1 Å². The molecule has 4 aromatic carbocycles. The number of fused-ring (bicyclic) bond motifs is 2. The van der Waals surface area contributed by atoms with Gasteiger partial charge in [-0.1, -0.05) is 97.1 Å². The van der Waals surface area contributed by atoms with E-state index in [0.29, 0.717) is 0 Å². The van der Waals surface area contributed by atoms with E-state index in [1.165, 1.54) is 33.6 Å². The molecule has 0 saturated carbocycles. The van der Waals surface area contributed by atoms with Crippen LogP contribution in [-0.4, -0.2) is 0 Å². The minimum absolute atomic E-state index is 1.04. The van der Waals surface area contributed by atoms with Crippen molar-refractivity contribution in [1.82, 2.24) is 0 Å². The van der Waals surface area contributed by atoms with Crippen LogP contribution in [-0.2, 0) is 6.42 Å². The smallest absolute Gasteiger partial charge is 0.0420 e. The molecule has 1 nitrogen and oxygen atoms in total. The van der Waals surface area contributed by atoms with Gasteiger partial charge in [-0.2, -0.15) is 0 Å². The standard InChI is InChI=1S/C13H11N.C12H10/c1-3-7-12-10(5-1)9-11-6-2-4-8-13(11)14-12;1-3-7-11(8-4-1)12-9-5-2-6-10-12/h1-8,14H,9H2;1-10H. The summed E-state index contributed by atoms with van der Waals surface area (Å²) in [4.78, 5) is 0. The second-order valence-electron chi connectivity index (χ2n) is 6.35. The summed E-state index contributed by atoms with van der Waals surface area (Å²) in [6, 6.07) is 37.7. The molecule has 1 aliphatic heterocycles. The molecule has 0 bridgehead atoms. The Morgan fingerprint density at radius 2 is 0.808 bits per heavy atom. The van der Waals surface area contributed by atoms with Crippen LogP contribution in [0.2, 0.25) is 0 Å². The zero-order valence-corrected chi connectivity index (χ0v) is 14.6. The summed E-state index contributed by atoms with van der Waals surface area (Å²) < 4.78 is 0. The van der Waals surface area contributed by atoms with Gasteiger partial charge in [0.1, 0.15) is 0 Å². The lowest BCUT2D eigenvalue weighted by Gasteiger charge is -2.20. The molecule has 0 aromatic heterocycles. The first-order chi connectivity index (χ1) is 12.9. The molecule has 0 fully saturated rings. The maximum absolute atomic E-state index is 3.44. The summed E-state index contributed by atoms with van der Waals surface area (Å²) in [6.45, 7) is 0. The van der Waals surface area contributed by atoms with Crippen molar-refractivity contribution in [1.29, 1.82) is 0 Å². The molecule has 126 valence electrons. The van der Waals surface area contributed by atoms with Crippen LogP contribution in [0.5, 0.6) is 0 Å². The number of hydrogen-bond donors (Lipinski definition) is 1. The molecule has 26 heavy (non-hydrogen) atoms. The molecule has 1 heteroatoms. The minimum atomic E-state index is 1.04. The molecule has 0 spiro atoms. The van der Waals surface area contributed by atoms with Crippen molar-refractivity contribution in [2.75, 3.05) is 5.32 Å². The van der Waals surface area contributed by atoms with E-state index in [1.807, 2.05) is 12.1 Å².